The predicted molar refractivity (Wildman–Crippen MR) is 451 cm³/mol. The Morgan fingerprint density at radius 3 is 1.08 bits per heavy atom. The van der Waals surface area contributed by atoms with E-state index in [4.69, 9.17) is 0 Å². The van der Waals surface area contributed by atoms with E-state index >= 15 is 0 Å². The second-order valence-corrected chi connectivity index (χ2v) is 35.5. The van der Waals surface area contributed by atoms with Gasteiger partial charge in [0.05, 0.1) is 0 Å². The first-order valence-corrected chi connectivity index (χ1v) is 41.6. The maximum absolute atomic E-state index is 4.61. The van der Waals surface area contributed by atoms with E-state index in [-0.39, 0.29) is 0 Å². The smallest absolute Gasteiger partial charge is 0.128 e. The van der Waals surface area contributed by atoms with E-state index in [1.54, 1.807) is 19.0 Å². The van der Waals surface area contributed by atoms with Gasteiger partial charge >= 0.3 is 0 Å². The summed E-state index contributed by atoms with van der Waals surface area (Å²) in [5, 5.41) is 0. The van der Waals surface area contributed by atoms with E-state index in [1.807, 2.05) is 61.7 Å². The normalized spacial score (nSPS) is 11.3. The summed E-state index contributed by atoms with van der Waals surface area (Å²) in [7, 11) is 0. The lowest BCUT2D eigenvalue weighted by Gasteiger charge is -2.11. The maximum Gasteiger partial charge on any atom is 0.128 e. The molecule has 0 bridgehead atoms. The number of aromatic nitrogens is 14. The van der Waals surface area contributed by atoms with Gasteiger partial charge in [0.15, 0.2) is 0 Å². The first-order valence-electron chi connectivity index (χ1n) is 41.6. The van der Waals surface area contributed by atoms with E-state index in [0.717, 1.165) is 161 Å². The average molecular weight is 1460 g/mol. The largest absolute Gasteiger partial charge is 0.245 e. The fourth-order valence-electron chi connectivity index (χ4n) is 10.8. The fraction of sp³-hybridized carbons (Fsp3) is 0.696. The van der Waals surface area contributed by atoms with Crippen LogP contribution in [-0.4, -0.2) is 69.8 Å². The molecular weight excluding hydrogens is 1300 g/mol. The lowest BCUT2D eigenvalue weighted by Crippen LogP contribution is -2.05. The van der Waals surface area contributed by atoms with Crippen LogP contribution in [0.1, 0.15) is 325 Å². The quantitative estimate of drug-likeness (QED) is 0.0362. The van der Waals surface area contributed by atoms with Gasteiger partial charge in [-0.15, -0.1) is 0 Å². The molecule has 14 nitrogen and oxygen atoms in total. The maximum atomic E-state index is 4.61. The van der Waals surface area contributed by atoms with E-state index in [1.165, 1.54) is 108 Å². The molecule has 0 aromatic carbocycles. The molecule has 0 aliphatic heterocycles. The first-order chi connectivity index (χ1) is 50.1. The number of nitrogens with zero attached hydrogens (tertiary/aromatic N) is 14. The summed E-state index contributed by atoms with van der Waals surface area (Å²) in [5.74, 6) is 13.8. The molecule has 7 aromatic heterocycles. The van der Waals surface area contributed by atoms with Crippen LogP contribution in [0.3, 0.4) is 0 Å². The van der Waals surface area contributed by atoms with Crippen molar-refractivity contribution in [1.29, 1.82) is 0 Å². The summed E-state index contributed by atoms with van der Waals surface area (Å²) in [6.07, 6.45) is 45.1. The van der Waals surface area contributed by atoms with Crippen molar-refractivity contribution in [3.05, 3.63) is 166 Å². The highest BCUT2D eigenvalue weighted by atomic mass is 14.9. The van der Waals surface area contributed by atoms with Gasteiger partial charge in [0, 0.05) is 109 Å². The molecule has 7 heterocycles. The van der Waals surface area contributed by atoms with E-state index in [2.05, 4.69) is 270 Å². The molecule has 594 valence electrons. The molecule has 7 rings (SSSR count). The fourth-order valence-corrected chi connectivity index (χ4v) is 10.8. The minimum absolute atomic E-state index is 0.629. The van der Waals surface area contributed by atoms with Crippen LogP contribution in [0.25, 0.3) is 0 Å². The zero-order valence-corrected chi connectivity index (χ0v) is 73.0. The van der Waals surface area contributed by atoms with Crippen molar-refractivity contribution >= 4 is 0 Å². The molecule has 0 saturated heterocycles. The summed E-state index contributed by atoms with van der Waals surface area (Å²) in [4.78, 5) is 61.0. The minimum Gasteiger partial charge on any atom is -0.245 e. The summed E-state index contributed by atoms with van der Waals surface area (Å²) in [6.45, 7) is 62.5. The molecule has 0 saturated carbocycles. The Labute approximate surface area is 650 Å². The van der Waals surface area contributed by atoms with Crippen LogP contribution in [0, 0.1) is 82.9 Å². The van der Waals surface area contributed by atoms with Gasteiger partial charge in [0.2, 0.25) is 0 Å². The highest BCUT2D eigenvalue weighted by molar-refractivity contribution is 5.18. The first kappa shape index (κ1) is 97.6. The zero-order valence-electron chi connectivity index (χ0n) is 73.0. The van der Waals surface area contributed by atoms with Crippen LogP contribution in [0.5, 0.6) is 0 Å². The SMILES string of the molecule is CC(C)CCc1cc(CCC(C)C)ncn1.CC(C)CCc1ccnc(CCC(C)C)n1.CC(C)CCc1cnc(CCC(C)C)nc1.CC(C)CCc1cncnc1CCC(C)C.CC(C)Cc1ccnc(CC(C)C)n1.CC(C)Cc1cnc(CC(C)C)nc1.CC(C)Cc1cncnc1CC(C)C. The topological polar surface area (TPSA) is 180 Å². The van der Waals surface area contributed by atoms with Crippen molar-refractivity contribution in [2.45, 2.75) is 335 Å². The van der Waals surface area contributed by atoms with Crippen LogP contribution in [0.2, 0.25) is 0 Å². The van der Waals surface area contributed by atoms with Crippen LogP contribution < -0.4 is 0 Å². The second kappa shape index (κ2) is 57.7. The lowest BCUT2D eigenvalue weighted by molar-refractivity contribution is 0.564. The van der Waals surface area contributed by atoms with Gasteiger partial charge in [-0.05, 0) is 239 Å². The monoisotopic (exact) mass is 1460 g/mol. The molecule has 7 aromatic rings. The van der Waals surface area contributed by atoms with Gasteiger partial charge in [-0.25, -0.2) is 69.8 Å². The molecule has 0 radical (unpaired) electrons. The standard InChI is InChI=1S/4C14H24N2.3C12H20N2/c1-11(2)5-7-13-9-15-10-16-14(13)8-6-12(3)4;1-11(2)5-7-13-9-14(16-10-15-13)8-6-12(3)4;1-11(2)5-7-13-9-15-14(16-10-13)8-6-12(3)4;1-11(2)5-7-13-9-10-15-14(16-13)8-6-12(3)4;1-9(2)5-11-7-13-8-14-12(11)6-10(3)4;1-9(2)5-11-7-13-12(14-8-11)6-10(3)4;1-9(2)7-11-5-6-13-12(14-11)8-10(3)4/h4*9-12H,5-8H2,1-4H3;2*7-10H,5-6H2,1-4H3;5-6,9-10H,7-8H2,1-4H3. The minimum atomic E-state index is 0.629. The number of aryl methyl sites for hydroxylation is 8. The van der Waals surface area contributed by atoms with Crippen molar-refractivity contribution < 1.29 is 0 Å². The van der Waals surface area contributed by atoms with Gasteiger partial charge in [0.25, 0.3) is 0 Å². The van der Waals surface area contributed by atoms with E-state index in [0.29, 0.717) is 35.5 Å². The van der Waals surface area contributed by atoms with Crippen molar-refractivity contribution in [3.8, 4) is 0 Å². The van der Waals surface area contributed by atoms with Crippen molar-refractivity contribution in [1.82, 2.24) is 69.8 Å². The van der Waals surface area contributed by atoms with Crippen LogP contribution >= 0.6 is 0 Å². The van der Waals surface area contributed by atoms with E-state index < -0.39 is 0 Å². The molecule has 0 amide bonds. The molecule has 0 fully saturated rings. The Kier molecular flexibility index (Phi) is 53.1. The van der Waals surface area contributed by atoms with Gasteiger partial charge in [-0.3, -0.25) is 0 Å². The Morgan fingerprint density at radius 2 is 0.594 bits per heavy atom. The molecule has 0 unspecified atom stereocenters. The summed E-state index contributed by atoms with van der Waals surface area (Å²) < 4.78 is 0. The Morgan fingerprint density at radius 1 is 0.226 bits per heavy atom. The van der Waals surface area contributed by atoms with Gasteiger partial charge in [-0.2, -0.15) is 0 Å². The molecule has 0 spiro atoms. The zero-order chi connectivity index (χ0) is 79.5. The molecule has 14 heteroatoms. The summed E-state index contributed by atoms with van der Waals surface area (Å²) >= 11 is 0. The highest BCUT2D eigenvalue weighted by Gasteiger charge is 2.12. The highest BCUT2D eigenvalue weighted by Crippen LogP contribution is 2.19. The van der Waals surface area contributed by atoms with Gasteiger partial charge in [0.1, 0.15) is 42.3 Å². The summed E-state index contributed by atoms with van der Waals surface area (Å²) in [6, 6.07) is 6.23. The number of hydrogen-bond donors (Lipinski definition) is 0. The number of hydrogen-bond acceptors (Lipinski definition) is 14. The molecule has 0 N–H and O–H groups in total. The average Bonchev–Trinajstić information content (AvgIpc) is 0.934. The Bertz CT molecular complexity index is 2980. The van der Waals surface area contributed by atoms with Crippen LogP contribution in [0.4, 0.5) is 0 Å². The third-order valence-electron chi connectivity index (χ3n) is 17.0. The van der Waals surface area contributed by atoms with E-state index in [9.17, 15) is 0 Å². The Balaban J connectivity index is 0.000000619. The predicted octanol–water partition coefficient (Wildman–Crippen LogP) is 23.2. The molecular formula is C92H156N14. The molecule has 0 aliphatic carbocycles. The van der Waals surface area contributed by atoms with Crippen molar-refractivity contribution in [2.24, 2.45) is 82.9 Å². The molecule has 106 heavy (non-hydrogen) atoms. The van der Waals surface area contributed by atoms with Crippen LogP contribution in [0.15, 0.2) is 86.8 Å². The Hall–Kier alpha value is -6.44. The second-order valence-electron chi connectivity index (χ2n) is 35.5. The lowest BCUT2D eigenvalue weighted by atomic mass is 9.98. The van der Waals surface area contributed by atoms with Crippen molar-refractivity contribution in [3.63, 3.8) is 0 Å². The third kappa shape index (κ3) is 54.2. The van der Waals surface area contributed by atoms with Gasteiger partial charge in [-0.1, -0.05) is 194 Å². The van der Waals surface area contributed by atoms with Gasteiger partial charge < -0.3 is 0 Å². The van der Waals surface area contributed by atoms with Crippen molar-refractivity contribution in [2.75, 3.05) is 0 Å². The summed E-state index contributed by atoms with van der Waals surface area (Å²) in [5.41, 5.74) is 12.4. The van der Waals surface area contributed by atoms with Crippen LogP contribution in [-0.2, 0) is 89.9 Å². The third-order valence-corrected chi connectivity index (χ3v) is 17.0. The number of rotatable bonds is 36. The molecule has 0 atom stereocenters. The molecule has 0 aliphatic rings.